The molecule has 0 aliphatic rings. The summed E-state index contributed by atoms with van der Waals surface area (Å²) in [6.07, 6.45) is 1.74. The van der Waals surface area contributed by atoms with E-state index >= 15 is 0 Å². The quantitative estimate of drug-likeness (QED) is 0.492. The molecule has 0 saturated carbocycles. The number of para-hydroxylation sites is 2. The maximum absolute atomic E-state index is 12.9. The summed E-state index contributed by atoms with van der Waals surface area (Å²) >= 11 is 4.74. The van der Waals surface area contributed by atoms with Gasteiger partial charge in [0.1, 0.15) is 0 Å². The highest BCUT2D eigenvalue weighted by molar-refractivity contribution is 9.10. The van der Waals surface area contributed by atoms with Gasteiger partial charge in [-0.1, -0.05) is 39.4 Å². The maximum Gasteiger partial charge on any atom is 0.341 e. The molecule has 0 amide bonds. The first-order valence-electron chi connectivity index (χ1n) is 8.12. The molecule has 0 saturated heterocycles. The lowest BCUT2D eigenvalue weighted by atomic mass is 10.2. The molecule has 28 heavy (non-hydrogen) atoms. The molecule has 0 radical (unpaired) electrons. The molecular formula is C19H13BrN2O5S. The number of fused-ring (bicyclic) bond motifs is 3. The molecule has 0 fully saturated rings. The van der Waals surface area contributed by atoms with Crippen molar-refractivity contribution in [2.45, 2.75) is 0 Å². The van der Waals surface area contributed by atoms with Gasteiger partial charge in [0.25, 0.3) is 5.56 Å². The van der Waals surface area contributed by atoms with Crippen LogP contribution in [0.4, 0.5) is 0 Å². The number of rotatable bonds is 5. The van der Waals surface area contributed by atoms with Crippen LogP contribution in [-0.4, -0.2) is 34.2 Å². The van der Waals surface area contributed by atoms with E-state index in [1.54, 1.807) is 22.6 Å². The third kappa shape index (κ3) is 3.23. The number of hydrogen-bond donors (Lipinski definition) is 1. The van der Waals surface area contributed by atoms with Gasteiger partial charge in [-0.15, -0.1) is 0 Å². The van der Waals surface area contributed by atoms with Crippen LogP contribution in [0, 0.1) is 0 Å². The van der Waals surface area contributed by atoms with Crippen molar-refractivity contribution in [2.75, 3.05) is 13.7 Å². The van der Waals surface area contributed by atoms with Gasteiger partial charge in [0.2, 0.25) is 0 Å². The number of imidazole rings is 1. The van der Waals surface area contributed by atoms with E-state index in [9.17, 15) is 9.59 Å². The molecule has 2 aromatic carbocycles. The van der Waals surface area contributed by atoms with E-state index in [0.717, 1.165) is 11.0 Å². The summed E-state index contributed by atoms with van der Waals surface area (Å²) in [6, 6.07) is 10.8. The number of aliphatic carboxylic acids is 1. The molecule has 0 spiro atoms. The van der Waals surface area contributed by atoms with Crippen LogP contribution in [0.25, 0.3) is 22.1 Å². The topological polar surface area (TPSA) is 90.1 Å². The van der Waals surface area contributed by atoms with Gasteiger partial charge < -0.3 is 14.6 Å². The van der Waals surface area contributed by atoms with Gasteiger partial charge in [-0.3, -0.25) is 4.79 Å². The molecular weight excluding hydrogens is 448 g/mol. The van der Waals surface area contributed by atoms with Crippen LogP contribution in [0.5, 0.6) is 11.5 Å². The zero-order chi connectivity index (χ0) is 19.8. The second-order valence-corrected chi connectivity index (χ2v) is 7.70. The molecule has 0 unspecified atom stereocenters. The highest BCUT2D eigenvalue weighted by Gasteiger charge is 2.13. The van der Waals surface area contributed by atoms with Crippen molar-refractivity contribution in [3.05, 3.63) is 61.3 Å². The minimum atomic E-state index is -1.08. The maximum atomic E-state index is 12.9. The normalized spacial score (nSPS) is 12.0. The van der Waals surface area contributed by atoms with Gasteiger partial charge in [-0.05, 0) is 35.9 Å². The average molecular weight is 461 g/mol. The van der Waals surface area contributed by atoms with E-state index in [-0.39, 0.29) is 5.56 Å². The van der Waals surface area contributed by atoms with Crippen molar-refractivity contribution in [3.63, 3.8) is 0 Å². The third-order valence-electron chi connectivity index (χ3n) is 4.07. The van der Waals surface area contributed by atoms with Gasteiger partial charge in [-0.25, -0.2) is 14.2 Å². The van der Waals surface area contributed by atoms with Crippen LogP contribution < -0.4 is 19.6 Å². The van der Waals surface area contributed by atoms with Crippen molar-refractivity contribution in [2.24, 2.45) is 0 Å². The van der Waals surface area contributed by atoms with Gasteiger partial charge in [0.05, 0.1) is 22.7 Å². The number of carboxylic acids is 1. The number of methoxy groups -OCH3 is 1. The molecule has 0 atom stereocenters. The molecule has 0 bridgehead atoms. The van der Waals surface area contributed by atoms with E-state index in [4.69, 9.17) is 14.6 Å². The number of carboxylic acid groups (broad SMARTS) is 1. The molecule has 142 valence electrons. The molecule has 9 heteroatoms. The monoisotopic (exact) mass is 460 g/mol. The summed E-state index contributed by atoms with van der Waals surface area (Å²) in [5, 5.41) is 8.79. The van der Waals surface area contributed by atoms with Crippen LogP contribution in [0.2, 0.25) is 0 Å². The van der Waals surface area contributed by atoms with E-state index < -0.39 is 12.6 Å². The number of nitrogens with zero attached hydrogens (tertiary/aromatic N) is 2. The SMILES string of the molecule is COc1cc(/C=c2\sc3nc4ccccc4n3c2=O)c(Br)cc1OCC(=O)O. The van der Waals surface area contributed by atoms with Crippen molar-refractivity contribution in [1.29, 1.82) is 0 Å². The Kier molecular flexibility index (Phi) is 4.78. The van der Waals surface area contributed by atoms with Crippen molar-refractivity contribution in [3.8, 4) is 11.5 Å². The van der Waals surface area contributed by atoms with E-state index in [1.165, 1.54) is 18.4 Å². The molecule has 0 aliphatic carbocycles. The first kappa shape index (κ1) is 18.5. The van der Waals surface area contributed by atoms with Gasteiger partial charge in [0.15, 0.2) is 23.1 Å². The fraction of sp³-hybridized carbons (Fsp3) is 0.105. The number of hydrogen-bond acceptors (Lipinski definition) is 6. The highest BCUT2D eigenvalue weighted by Crippen LogP contribution is 2.34. The van der Waals surface area contributed by atoms with Crippen LogP contribution in [0.15, 0.2) is 45.7 Å². The van der Waals surface area contributed by atoms with Crippen LogP contribution in [0.3, 0.4) is 0 Å². The van der Waals surface area contributed by atoms with Crippen molar-refractivity contribution < 1.29 is 19.4 Å². The second kappa shape index (κ2) is 7.25. The minimum Gasteiger partial charge on any atom is -0.493 e. The van der Waals surface area contributed by atoms with E-state index in [0.29, 0.717) is 31.0 Å². The first-order chi connectivity index (χ1) is 13.5. The Labute approximate surface area is 170 Å². The van der Waals surface area contributed by atoms with Gasteiger partial charge in [-0.2, -0.15) is 0 Å². The molecule has 1 N–H and O–H groups in total. The first-order valence-corrected chi connectivity index (χ1v) is 9.72. The zero-order valence-corrected chi connectivity index (χ0v) is 16.9. The molecule has 0 aliphatic heterocycles. The smallest absolute Gasteiger partial charge is 0.341 e. The lowest BCUT2D eigenvalue weighted by Crippen LogP contribution is -2.22. The lowest BCUT2D eigenvalue weighted by molar-refractivity contribution is -0.139. The van der Waals surface area contributed by atoms with Crippen LogP contribution >= 0.6 is 27.3 Å². The van der Waals surface area contributed by atoms with E-state index in [1.807, 2.05) is 24.3 Å². The number of aromatic nitrogens is 2. The summed E-state index contributed by atoms with van der Waals surface area (Å²) in [7, 11) is 1.46. The predicted octanol–water partition coefficient (Wildman–Crippen LogP) is 2.69. The lowest BCUT2D eigenvalue weighted by Gasteiger charge is -2.11. The Balaban J connectivity index is 1.83. The fourth-order valence-corrected chi connectivity index (χ4v) is 4.24. The number of ether oxygens (including phenoxy) is 2. The van der Waals surface area contributed by atoms with Crippen molar-refractivity contribution in [1.82, 2.24) is 9.38 Å². The Bertz CT molecular complexity index is 1330. The summed E-state index contributed by atoms with van der Waals surface area (Å²) in [4.78, 5) is 28.7. The Hall–Kier alpha value is -2.91. The second-order valence-electron chi connectivity index (χ2n) is 5.84. The van der Waals surface area contributed by atoms with Gasteiger partial charge in [0, 0.05) is 4.47 Å². The minimum absolute atomic E-state index is 0.147. The Morgan fingerprint density at radius 2 is 2.11 bits per heavy atom. The Morgan fingerprint density at radius 1 is 1.32 bits per heavy atom. The highest BCUT2D eigenvalue weighted by atomic mass is 79.9. The standard InChI is InChI=1S/C19H13BrN2O5S/c1-26-14-6-10(11(20)8-15(14)27-9-17(23)24)7-16-18(25)22-13-5-3-2-4-12(13)21-19(22)28-16/h2-8H,9H2,1H3,(H,23,24)/b16-7-. The molecule has 7 nitrogen and oxygen atoms in total. The molecule has 2 heterocycles. The number of thiazole rings is 1. The van der Waals surface area contributed by atoms with Gasteiger partial charge >= 0.3 is 5.97 Å². The summed E-state index contributed by atoms with van der Waals surface area (Å²) in [5.41, 5.74) is 2.10. The van der Waals surface area contributed by atoms with Crippen LogP contribution in [0.1, 0.15) is 5.56 Å². The predicted molar refractivity (Wildman–Crippen MR) is 109 cm³/mol. The summed E-state index contributed by atoms with van der Waals surface area (Å²) in [5.74, 6) is -0.419. The van der Waals surface area contributed by atoms with E-state index in [2.05, 4.69) is 20.9 Å². The molecule has 4 aromatic rings. The van der Waals surface area contributed by atoms with Crippen molar-refractivity contribution >= 4 is 55.3 Å². The zero-order valence-electron chi connectivity index (χ0n) is 14.5. The number of benzene rings is 2. The third-order valence-corrected chi connectivity index (χ3v) is 5.72. The summed E-state index contributed by atoms with van der Waals surface area (Å²) < 4.78 is 13.3. The number of halogens is 1. The Morgan fingerprint density at radius 3 is 2.86 bits per heavy atom. The largest absolute Gasteiger partial charge is 0.493 e. The van der Waals surface area contributed by atoms with Crippen LogP contribution in [-0.2, 0) is 4.79 Å². The molecule has 2 aromatic heterocycles. The molecule has 4 rings (SSSR count). The number of carbonyl (C=O) groups is 1. The average Bonchev–Trinajstić information content (AvgIpc) is 3.18. The summed E-state index contributed by atoms with van der Waals surface area (Å²) in [6.45, 7) is -0.480. The fourth-order valence-electron chi connectivity index (χ4n) is 2.83.